The molecule has 0 aliphatic heterocycles. The average Bonchev–Trinajstić information content (AvgIpc) is 3.23. The van der Waals surface area contributed by atoms with Crippen molar-refractivity contribution in [3.63, 3.8) is 0 Å². The van der Waals surface area contributed by atoms with Crippen LogP contribution in [-0.4, -0.2) is 18.5 Å². The van der Waals surface area contributed by atoms with Crippen LogP contribution in [0.5, 0.6) is 0 Å². The predicted octanol–water partition coefficient (Wildman–Crippen LogP) is 2.81. The lowest BCUT2D eigenvalue weighted by molar-refractivity contribution is -0.121. The maximum atomic E-state index is 12.0. The monoisotopic (exact) mass is 274 g/mol. The number of rotatable bonds is 8. The van der Waals surface area contributed by atoms with Crippen molar-refractivity contribution in [3.8, 4) is 0 Å². The van der Waals surface area contributed by atoms with Crippen LogP contribution in [0.25, 0.3) is 0 Å². The van der Waals surface area contributed by atoms with Gasteiger partial charge in [0.1, 0.15) is 0 Å². The molecule has 1 aliphatic rings. The average molecular weight is 274 g/mol. The second-order valence-corrected chi connectivity index (χ2v) is 5.82. The molecule has 1 aromatic carbocycles. The molecule has 2 rings (SSSR count). The van der Waals surface area contributed by atoms with Crippen molar-refractivity contribution < 1.29 is 4.79 Å². The fraction of sp³-hybridized carbons (Fsp3) is 0.588. The molecule has 0 heterocycles. The minimum Gasteiger partial charge on any atom is -0.353 e. The standard InChI is InChI=1S/C17H26N2O/c1-2-13(10-11-18)8-9-17(20)19-16-12-15(16)14-6-4-3-5-7-14/h3-7,13,15-16H,2,8-12,18H2,1H3,(H,19,20). The van der Waals surface area contributed by atoms with Crippen molar-refractivity contribution in [1.29, 1.82) is 0 Å². The van der Waals surface area contributed by atoms with Gasteiger partial charge in [0.25, 0.3) is 0 Å². The Kier molecular flexibility index (Phi) is 5.60. The van der Waals surface area contributed by atoms with Gasteiger partial charge >= 0.3 is 0 Å². The van der Waals surface area contributed by atoms with E-state index in [0.29, 0.717) is 24.3 Å². The van der Waals surface area contributed by atoms with Crippen LogP contribution in [0.4, 0.5) is 0 Å². The second-order valence-electron chi connectivity index (χ2n) is 5.82. The molecule has 0 bridgehead atoms. The van der Waals surface area contributed by atoms with E-state index in [9.17, 15) is 4.79 Å². The molecule has 0 aromatic heterocycles. The number of carbonyl (C=O) groups is 1. The van der Waals surface area contributed by atoms with Crippen LogP contribution < -0.4 is 11.1 Å². The first-order valence-corrected chi connectivity index (χ1v) is 7.79. The van der Waals surface area contributed by atoms with E-state index in [2.05, 4.69) is 36.5 Å². The molecule has 20 heavy (non-hydrogen) atoms. The summed E-state index contributed by atoms with van der Waals surface area (Å²) >= 11 is 0. The summed E-state index contributed by atoms with van der Waals surface area (Å²) < 4.78 is 0. The lowest BCUT2D eigenvalue weighted by Gasteiger charge is -2.13. The van der Waals surface area contributed by atoms with Crippen molar-refractivity contribution in [3.05, 3.63) is 35.9 Å². The zero-order chi connectivity index (χ0) is 14.4. The van der Waals surface area contributed by atoms with Crippen molar-refractivity contribution in [2.24, 2.45) is 11.7 Å². The van der Waals surface area contributed by atoms with Gasteiger partial charge in [0.05, 0.1) is 0 Å². The molecule has 3 nitrogen and oxygen atoms in total. The molecular weight excluding hydrogens is 248 g/mol. The SMILES string of the molecule is CCC(CCN)CCC(=O)NC1CC1c1ccccc1. The van der Waals surface area contributed by atoms with Gasteiger partial charge in [-0.15, -0.1) is 0 Å². The molecule has 1 fully saturated rings. The van der Waals surface area contributed by atoms with E-state index in [0.717, 1.165) is 32.2 Å². The highest BCUT2D eigenvalue weighted by Gasteiger charge is 2.39. The Labute approximate surface area is 121 Å². The van der Waals surface area contributed by atoms with Crippen molar-refractivity contribution in [2.75, 3.05) is 6.54 Å². The quantitative estimate of drug-likeness (QED) is 0.766. The molecule has 3 heteroatoms. The summed E-state index contributed by atoms with van der Waals surface area (Å²) in [6, 6.07) is 10.8. The number of benzene rings is 1. The van der Waals surface area contributed by atoms with E-state index < -0.39 is 0 Å². The highest BCUT2D eigenvalue weighted by molar-refractivity contribution is 5.76. The Balaban J connectivity index is 1.69. The van der Waals surface area contributed by atoms with Gasteiger partial charge < -0.3 is 11.1 Å². The first-order valence-electron chi connectivity index (χ1n) is 7.79. The van der Waals surface area contributed by atoms with Gasteiger partial charge in [0.2, 0.25) is 5.91 Å². The molecule has 110 valence electrons. The van der Waals surface area contributed by atoms with Crippen LogP contribution in [0.15, 0.2) is 30.3 Å². The number of nitrogens with one attached hydrogen (secondary N) is 1. The zero-order valence-corrected chi connectivity index (χ0v) is 12.3. The molecule has 3 unspecified atom stereocenters. The summed E-state index contributed by atoms with van der Waals surface area (Å²) in [4.78, 5) is 12.0. The Bertz CT molecular complexity index is 418. The van der Waals surface area contributed by atoms with E-state index in [1.54, 1.807) is 0 Å². The molecule has 0 spiro atoms. The Morgan fingerprint density at radius 1 is 1.35 bits per heavy atom. The lowest BCUT2D eigenvalue weighted by Crippen LogP contribution is -2.27. The predicted molar refractivity (Wildman–Crippen MR) is 82.4 cm³/mol. The minimum absolute atomic E-state index is 0.198. The van der Waals surface area contributed by atoms with Crippen molar-refractivity contribution in [2.45, 2.75) is 51.0 Å². The van der Waals surface area contributed by atoms with Crippen LogP contribution in [-0.2, 0) is 4.79 Å². The van der Waals surface area contributed by atoms with Gasteiger partial charge in [-0.1, -0.05) is 43.7 Å². The fourth-order valence-electron chi connectivity index (χ4n) is 2.83. The van der Waals surface area contributed by atoms with E-state index in [-0.39, 0.29) is 5.91 Å². The van der Waals surface area contributed by atoms with Crippen LogP contribution in [0.3, 0.4) is 0 Å². The van der Waals surface area contributed by atoms with E-state index in [1.165, 1.54) is 5.56 Å². The minimum atomic E-state index is 0.198. The summed E-state index contributed by atoms with van der Waals surface area (Å²) in [7, 11) is 0. The third kappa shape index (κ3) is 4.34. The lowest BCUT2D eigenvalue weighted by atomic mass is 9.96. The van der Waals surface area contributed by atoms with Gasteiger partial charge in [-0.25, -0.2) is 0 Å². The van der Waals surface area contributed by atoms with E-state index in [1.807, 2.05) is 6.07 Å². The third-order valence-corrected chi connectivity index (χ3v) is 4.30. The number of carbonyl (C=O) groups excluding carboxylic acids is 1. The van der Waals surface area contributed by atoms with Crippen molar-refractivity contribution in [1.82, 2.24) is 5.32 Å². The van der Waals surface area contributed by atoms with Gasteiger partial charge in [0, 0.05) is 18.4 Å². The van der Waals surface area contributed by atoms with Crippen LogP contribution in [0.2, 0.25) is 0 Å². The number of nitrogens with two attached hydrogens (primary N) is 1. The molecule has 3 N–H and O–H groups in total. The molecule has 1 aromatic rings. The summed E-state index contributed by atoms with van der Waals surface area (Å²) in [6.45, 7) is 2.89. The summed E-state index contributed by atoms with van der Waals surface area (Å²) in [5.41, 5.74) is 6.92. The molecule has 0 saturated heterocycles. The van der Waals surface area contributed by atoms with Crippen LogP contribution in [0, 0.1) is 5.92 Å². The summed E-state index contributed by atoms with van der Waals surface area (Å²) in [5, 5.41) is 3.15. The number of hydrogen-bond acceptors (Lipinski definition) is 2. The first-order chi connectivity index (χ1) is 9.74. The Morgan fingerprint density at radius 2 is 2.10 bits per heavy atom. The third-order valence-electron chi connectivity index (χ3n) is 4.30. The molecule has 1 aliphatic carbocycles. The number of amides is 1. The maximum absolute atomic E-state index is 12.0. The van der Waals surface area contributed by atoms with Gasteiger partial charge in [-0.2, -0.15) is 0 Å². The number of hydrogen-bond donors (Lipinski definition) is 2. The molecular formula is C17H26N2O. The van der Waals surface area contributed by atoms with E-state index in [4.69, 9.17) is 5.73 Å². The molecule has 1 amide bonds. The van der Waals surface area contributed by atoms with Crippen molar-refractivity contribution >= 4 is 5.91 Å². The zero-order valence-electron chi connectivity index (χ0n) is 12.3. The maximum Gasteiger partial charge on any atom is 0.220 e. The largest absolute Gasteiger partial charge is 0.353 e. The second kappa shape index (κ2) is 7.44. The molecule has 0 radical (unpaired) electrons. The fourth-order valence-corrected chi connectivity index (χ4v) is 2.83. The smallest absolute Gasteiger partial charge is 0.220 e. The topological polar surface area (TPSA) is 55.1 Å². The first kappa shape index (κ1) is 15.0. The molecule has 3 atom stereocenters. The Morgan fingerprint density at radius 3 is 2.75 bits per heavy atom. The van der Waals surface area contributed by atoms with E-state index >= 15 is 0 Å². The Hall–Kier alpha value is -1.35. The summed E-state index contributed by atoms with van der Waals surface area (Å²) in [5.74, 6) is 1.31. The highest BCUT2D eigenvalue weighted by Crippen LogP contribution is 2.40. The van der Waals surface area contributed by atoms with Crippen LogP contribution in [0.1, 0.15) is 50.5 Å². The van der Waals surface area contributed by atoms with Gasteiger partial charge in [-0.3, -0.25) is 4.79 Å². The normalized spacial score (nSPS) is 22.3. The van der Waals surface area contributed by atoms with Crippen LogP contribution >= 0.6 is 0 Å². The molecule has 1 saturated carbocycles. The highest BCUT2D eigenvalue weighted by atomic mass is 16.1. The summed E-state index contributed by atoms with van der Waals surface area (Å²) in [6.07, 6.45) is 4.81. The van der Waals surface area contributed by atoms with Gasteiger partial charge in [0.15, 0.2) is 0 Å². The van der Waals surface area contributed by atoms with Gasteiger partial charge in [-0.05, 0) is 37.3 Å².